The van der Waals surface area contributed by atoms with E-state index in [2.05, 4.69) is 50.2 Å². The van der Waals surface area contributed by atoms with E-state index in [0.717, 1.165) is 24.7 Å². The molecule has 3 rings (SSSR count). The number of esters is 1. The minimum Gasteiger partial charge on any atom is -0.427 e. The molecule has 1 fully saturated rings. The van der Waals surface area contributed by atoms with Crippen LogP contribution < -0.4 is 4.74 Å². The third-order valence-corrected chi connectivity index (χ3v) is 7.34. The molecule has 2 heteroatoms. The maximum atomic E-state index is 12.3. The maximum Gasteiger partial charge on any atom is 0.311 e. The smallest absolute Gasteiger partial charge is 0.311 e. The van der Waals surface area contributed by atoms with Crippen LogP contribution in [0.15, 0.2) is 48.5 Å². The highest BCUT2D eigenvalue weighted by Gasteiger charge is 2.21. The molecule has 0 heterocycles. The minimum absolute atomic E-state index is 0.152. The van der Waals surface area contributed by atoms with Crippen LogP contribution >= 0.6 is 0 Å². The van der Waals surface area contributed by atoms with Gasteiger partial charge in [0.1, 0.15) is 5.75 Å². The van der Waals surface area contributed by atoms with E-state index in [0.29, 0.717) is 12.2 Å². The first-order valence-electron chi connectivity index (χ1n) is 13.6. The Morgan fingerprint density at radius 1 is 0.758 bits per heavy atom. The van der Waals surface area contributed by atoms with E-state index in [4.69, 9.17) is 4.74 Å². The molecule has 33 heavy (non-hydrogen) atoms. The van der Waals surface area contributed by atoms with Gasteiger partial charge in [-0.3, -0.25) is 4.79 Å². The van der Waals surface area contributed by atoms with E-state index in [9.17, 15) is 4.79 Å². The summed E-state index contributed by atoms with van der Waals surface area (Å²) in [5.41, 5.74) is 4.01. The molecule has 2 aromatic rings. The second-order valence-corrected chi connectivity index (χ2v) is 10.0. The molecular weight excluding hydrogens is 404 g/mol. The minimum atomic E-state index is -0.152. The molecule has 1 aliphatic rings. The van der Waals surface area contributed by atoms with E-state index in [1.165, 1.54) is 87.3 Å². The Balaban J connectivity index is 1.36. The van der Waals surface area contributed by atoms with Crippen LogP contribution in [0.1, 0.15) is 114 Å². The first-order chi connectivity index (χ1) is 16.2. The fourth-order valence-electron chi connectivity index (χ4n) is 5.23. The average molecular weight is 449 g/mol. The molecule has 0 N–H and O–H groups in total. The standard InChI is InChI=1S/C31H44O2/c1-3-5-6-7-8-10-26-15-22-30(23-16-26)33-31(32)24-17-27-13-20-29(21-14-27)28-18-11-25(9-4-2)12-19-28/h13-16,20-23,25,28H,3-12,17-19,24H2,1-2H3/t25-,28-. The number of rotatable bonds is 13. The lowest BCUT2D eigenvalue weighted by atomic mass is 9.77. The van der Waals surface area contributed by atoms with Crippen molar-refractivity contribution in [2.24, 2.45) is 5.92 Å². The van der Waals surface area contributed by atoms with Gasteiger partial charge >= 0.3 is 5.97 Å². The van der Waals surface area contributed by atoms with Gasteiger partial charge in [-0.25, -0.2) is 0 Å². The summed E-state index contributed by atoms with van der Waals surface area (Å²) in [6.07, 6.45) is 16.9. The molecule has 1 aliphatic carbocycles. The van der Waals surface area contributed by atoms with Gasteiger partial charge in [0.25, 0.3) is 0 Å². The SMILES string of the molecule is CCCCCCCc1ccc(OC(=O)CCc2ccc([C@H]3CC[C@H](CCC)CC3)cc2)cc1. The Morgan fingerprint density at radius 2 is 1.39 bits per heavy atom. The molecule has 0 amide bonds. The zero-order chi connectivity index (χ0) is 23.3. The highest BCUT2D eigenvalue weighted by atomic mass is 16.5. The molecule has 2 nitrogen and oxygen atoms in total. The predicted molar refractivity (Wildman–Crippen MR) is 139 cm³/mol. The van der Waals surface area contributed by atoms with Crippen LogP contribution in [-0.4, -0.2) is 5.97 Å². The van der Waals surface area contributed by atoms with E-state index in [1.807, 2.05) is 12.1 Å². The number of benzene rings is 2. The molecule has 0 radical (unpaired) electrons. The lowest BCUT2D eigenvalue weighted by Crippen LogP contribution is -2.13. The van der Waals surface area contributed by atoms with Crippen LogP contribution in [0.5, 0.6) is 5.75 Å². The van der Waals surface area contributed by atoms with Gasteiger partial charge in [-0.2, -0.15) is 0 Å². The van der Waals surface area contributed by atoms with Gasteiger partial charge in [-0.1, -0.05) is 88.8 Å². The maximum absolute atomic E-state index is 12.3. The summed E-state index contributed by atoms with van der Waals surface area (Å²) >= 11 is 0. The molecule has 0 atom stereocenters. The number of hydrogen-bond donors (Lipinski definition) is 0. The van der Waals surface area contributed by atoms with Crippen molar-refractivity contribution < 1.29 is 9.53 Å². The van der Waals surface area contributed by atoms with Crippen molar-refractivity contribution in [1.82, 2.24) is 0 Å². The zero-order valence-corrected chi connectivity index (χ0v) is 21.0. The highest BCUT2D eigenvalue weighted by molar-refractivity contribution is 5.72. The van der Waals surface area contributed by atoms with Crippen molar-refractivity contribution in [3.05, 3.63) is 65.2 Å². The summed E-state index contributed by atoms with van der Waals surface area (Å²) in [7, 11) is 0. The Kier molecular flexibility index (Phi) is 11.0. The van der Waals surface area contributed by atoms with Gasteiger partial charge < -0.3 is 4.74 Å². The number of carbonyl (C=O) groups is 1. The third kappa shape index (κ3) is 8.99. The number of hydrogen-bond acceptors (Lipinski definition) is 2. The summed E-state index contributed by atoms with van der Waals surface area (Å²) in [5, 5.41) is 0. The van der Waals surface area contributed by atoms with Crippen LogP contribution in [0.25, 0.3) is 0 Å². The first-order valence-corrected chi connectivity index (χ1v) is 13.6. The van der Waals surface area contributed by atoms with E-state index in [1.54, 1.807) is 0 Å². The summed E-state index contributed by atoms with van der Waals surface area (Å²) in [6, 6.07) is 17.0. The van der Waals surface area contributed by atoms with E-state index in [-0.39, 0.29) is 5.97 Å². The Bertz CT molecular complexity index is 798. The van der Waals surface area contributed by atoms with Crippen molar-refractivity contribution in [3.63, 3.8) is 0 Å². The fraction of sp³-hybridized carbons (Fsp3) is 0.581. The number of unbranched alkanes of at least 4 members (excludes halogenated alkanes) is 4. The molecular formula is C31H44O2. The van der Waals surface area contributed by atoms with Crippen LogP contribution in [0.3, 0.4) is 0 Å². The Morgan fingerprint density at radius 3 is 2.06 bits per heavy atom. The molecule has 1 saturated carbocycles. The molecule has 180 valence electrons. The Labute approximate surface area is 202 Å². The lowest BCUT2D eigenvalue weighted by Gasteiger charge is -2.28. The van der Waals surface area contributed by atoms with Crippen LogP contribution in [0, 0.1) is 5.92 Å². The summed E-state index contributed by atoms with van der Waals surface area (Å²) < 4.78 is 5.56. The van der Waals surface area contributed by atoms with E-state index >= 15 is 0 Å². The molecule has 2 aromatic carbocycles. The topological polar surface area (TPSA) is 26.3 Å². The monoisotopic (exact) mass is 448 g/mol. The van der Waals surface area contributed by atoms with Gasteiger partial charge in [0.15, 0.2) is 0 Å². The Hall–Kier alpha value is -2.09. The van der Waals surface area contributed by atoms with Gasteiger partial charge in [-0.15, -0.1) is 0 Å². The van der Waals surface area contributed by atoms with Crippen LogP contribution in [-0.2, 0) is 17.6 Å². The first kappa shape index (κ1) is 25.5. The normalized spacial score (nSPS) is 18.2. The summed E-state index contributed by atoms with van der Waals surface area (Å²) in [4.78, 5) is 12.3. The zero-order valence-electron chi connectivity index (χ0n) is 21.0. The summed E-state index contributed by atoms with van der Waals surface area (Å²) in [5.74, 6) is 2.17. The molecule has 0 bridgehead atoms. The molecule has 0 aliphatic heterocycles. The molecule has 0 unspecified atom stereocenters. The molecule has 0 spiro atoms. The summed E-state index contributed by atoms with van der Waals surface area (Å²) in [6.45, 7) is 4.54. The lowest BCUT2D eigenvalue weighted by molar-refractivity contribution is -0.134. The van der Waals surface area contributed by atoms with Crippen molar-refractivity contribution >= 4 is 5.97 Å². The quantitative estimate of drug-likeness (QED) is 0.174. The predicted octanol–water partition coefficient (Wildman–Crippen LogP) is 8.81. The second-order valence-electron chi connectivity index (χ2n) is 10.0. The number of carbonyl (C=O) groups excluding carboxylic acids is 1. The fourth-order valence-corrected chi connectivity index (χ4v) is 5.23. The second kappa shape index (κ2) is 14.2. The van der Waals surface area contributed by atoms with Crippen molar-refractivity contribution in [1.29, 1.82) is 0 Å². The number of aryl methyl sites for hydroxylation is 2. The van der Waals surface area contributed by atoms with Gasteiger partial charge in [-0.05, 0) is 85.6 Å². The number of ether oxygens (including phenoxy) is 1. The van der Waals surface area contributed by atoms with Crippen LogP contribution in [0.2, 0.25) is 0 Å². The van der Waals surface area contributed by atoms with Gasteiger partial charge in [0, 0.05) is 6.42 Å². The molecule has 0 saturated heterocycles. The van der Waals surface area contributed by atoms with Gasteiger partial charge in [0.2, 0.25) is 0 Å². The van der Waals surface area contributed by atoms with Crippen molar-refractivity contribution in [2.75, 3.05) is 0 Å². The third-order valence-electron chi connectivity index (χ3n) is 7.34. The van der Waals surface area contributed by atoms with E-state index < -0.39 is 0 Å². The van der Waals surface area contributed by atoms with Gasteiger partial charge in [0.05, 0.1) is 0 Å². The highest BCUT2D eigenvalue weighted by Crippen LogP contribution is 2.37. The van der Waals surface area contributed by atoms with Crippen molar-refractivity contribution in [2.45, 2.75) is 110 Å². The largest absolute Gasteiger partial charge is 0.427 e. The average Bonchev–Trinajstić information content (AvgIpc) is 2.85. The van der Waals surface area contributed by atoms with Crippen molar-refractivity contribution in [3.8, 4) is 5.75 Å². The van der Waals surface area contributed by atoms with Crippen LogP contribution in [0.4, 0.5) is 0 Å². The molecule has 0 aromatic heterocycles.